The first-order chi connectivity index (χ1) is 9.74. The topological polar surface area (TPSA) is 73.9 Å². The Hall–Kier alpha value is -3.11. The molecule has 0 spiro atoms. The number of ether oxygens (including phenoxy) is 1. The summed E-state index contributed by atoms with van der Waals surface area (Å²) >= 11 is 0. The van der Waals surface area contributed by atoms with Gasteiger partial charge in [0.25, 0.3) is 0 Å². The fourth-order valence-electron chi connectivity index (χ4n) is 1.70. The first-order valence-corrected chi connectivity index (χ1v) is 5.90. The normalized spacial score (nSPS) is 9.30. The van der Waals surface area contributed by atoms with Gasteiger partial charge in [0.05, 0.1) is 28.8 Å². The van der Waals surface area contributed by atoms with Gasteiger partial charge in [-0.1, -0.05) is 24.3 Å². The summed E-state index contributed by atoms with van der Waals surface area (Å²) in [5.74, 6) is -0.519. The number of carbonyl (C=O) groups excluding carboxylic acids is 1. The van der Waals surface area contributed by atoms with Gasteiger partial charge in [-0.2, -0.15) is 10.5 Å². The molecule has 0 saturated carbocycles. The molecule has 0 aliphatic heterocycles. The molecule has 20 heavy (non-hydrogen) atoms. The summed E-state index contributed by atoms with van der Waals surface area (Å²) in [5.41, 5.74) is 1.85. The van der Waals surface area contributed by atoms with Gasteiger partial charge in [-0.15, -0.1) is 0 Å². The molecular formula is C16H10N2O2. The maximum absolute atomic E-state index is 11.9. The SMILES string of the molecule is N#Cc1cccc(C(=O)OCc2ccccc2C#N)c1. The average molecular weight is 262 g/mol. The van der Waals surface area contributed by atoms with Gasteiger partial charge in [0, 0.05) is 5.56 Å². The largest absolute Gasteiger partial charge is 0.457 e. The van der Waals surface area contributed by atoms with Gasteiger partial charge in [-0.25, -0.2) is 4.79 Å². The van der Waals surface area contributed by atoms with Gasteiger partial charge in [-0.3, -0.25) is 0 Å². The Kier molecular flexibility index (Phi) is 4.11. The second kappa shape index (κ2) is 6.17. The number of hydrogen-bond acceptors (Lipinski definition) is 4. The number of rotatable bonds is 3. The predicted molar refractivity (Wildman–Crippen MR) is 71.4 cm³/mol. The van der Waals surface area contributed by atoms with Crippen molar-refractivity contribution in [3.63, 3.8) is 0 Å². The number of hydrogen-bond donors (Lipinski definition) is 0. The van der Waals surface area contributed by atoms with E-state index in [0.717, 1.165) is 0 Å². The van der Waals surface area contributed by atoms with E-state index in [1.54, 1.807) is 42.5 Å². The van der Waals surface area contributed by atoms with Crippen molar-refractivity contribution in [2.24, 2.45) is 0 Å². The molecule has 0 aliphatic rings. The van der Waals surface area contributed by atoms with E-state index in [4.69, 9.17) is 15.3 Å². The van der Waals surface area contributed by atoms with Gasteiger partial charge in [0.2, 0.25) is 0 Å². The zero-order chi connectivity index (χ0) is 14.4. The molecule has 0 radical (unpaired) electrons. The van der Waals surface area contributed by atoms with Crippen LogP contribution in [0.5, 0.6) is 0 Å². The van der Waals surface area contributed by atoms with Crippen LogP contribution in [0, 0.1) is 22.7 Å². The molecule has 0 aliphatic carbocycles. The molecule has 0 N–H and O–H groups in total. The van der Waals surface area contributed by atoms with Crippen LogP contribution in [-0.4, -0.2) is 5.97 Å². The molecule has 0 unspecified atom stereocenters. The molecule has 2 aromatic rings. The molecule has 0 saturated heterocycles. The van der Waals surface area contributed by atoms with Crippen LogP contribution in [0.25, 0.3) is 0 Å². The lowest BCUT2D eigenvalue weighted by Crippen LogP contribution is -2.06. The minimum absolute atomic E-state index is 0.0271. The fourth-order valence-corrected chi connectivity index (χ4v) is 1.70. The second-order valence-corrected chi connectivity index (χ2v) is 4.04. The molecule has 0 aromatic heterocycles. The summed E-state index contributed by atoms with van der Waals surface area (Å²) in [4.78, 5) is 11.9. The first kappa shape index (κ1) is 13.3. The summed E-state index contributed by atoms with van der Waals surface area (Å²) in [6, 6.07) is 17.2. The van der Waals surface area contributed by atoms with Crippen molar-refractivity contribution < 1.29 is 9.53 Å². The quantitative estimate of drug-likeness (QED) is 0.797. The van der Waals surface area contributed by atoms with Crippen molar-refractivity contribution >= 4 is 5.97 Å². The van der Waals surface area contributed by atoms with Crippen LogP contribution in [0.4, 0.5) is 0 Å². The minimum atomic E-state index is -0.519. The molecule has 96 valence electrons. The molecule has 0 amide bonds. The van der Waals surface area contributed by atoms with E-state index in [2.05, 4.69) is 0 Å². The predicted octanol–water partition coefficient (Wildman–Crippen LogP) is 2.79. The Morgan fingerprint density at radius 2 is 1.85 bits per heavy atom. The van der Waals surface area contributed by atoms with E-state index >= 15 is 0 Å². The minimum Gasteiger partial charge on any atom is -0.457 e. The fraction of sp³-hybridized carbons (Fsp3) is 0.0625. The molecule has 2 rings (SSSR count). The Morgan fingerprint density at radius 3 is 2.60 bits per heavy atom. The van der Waals surface area contributed by atoms with Crippen LogP contribution in [-0.2, 0) is 11.3 Å². The van der Waals surface area contributed by atoms with Crippen LogP contribution in [0.2, 0.25) is 0 Å². The van der Waals surface area contributed by atoms with Crippen molar-refractivity contribution in [2.75, 3.05) is 0 Å². The summed E-state index contributed by atoms with van der Waals surface area (Å²) < 4.78 is 5.16. The Morgan fingerprint density at radius 1 is 1.05 bits per heavy atom. The lowest BCUT2D eigenvalue weighted by Gasteiger charge is -2.06. The number of carbonyl (C=O) groups is 1. The highest BCUT2D eigenvalue weighted by Gasteiger charge is 2.09. The number of esters is 1. The smallest absolute Gasteiger partial charge is 0.338 e. The molecular weight excluding hydrogens is 252 g/mol. The summed E-state index contributed by atoms with van der Waals surface area (Å²) in [7, 11) is 0. The summed E-state index contributed by atoms with van der Waals surface area (Å²) in [5, 5.41) is 17.7. The van der Waals surface area contributed by atoms with Crippen LogP contribution >= 0.6 is 0 Å². The molecule has 0 fully saturated rings. The molecule has 2 aromatic carbocycles. The first-order valence-electron chi connectivity index (χ1n) is 5.90. The highest BCUT2D eigenvalue weighted by atomic mass is 16.5. The van der Waals surface area contributed by atoms with E-state index in [0.29, 0.717) is 22.3 Å². The van der Waals surface area contributed by atoms with E-state index in [1.165, 1.54) is 6.07 Å². The van der Waals surface area contributed by atoms with Gasteiger partial charge in [-0.05, 0) is 24.3 Å². The van der Waals surface area contributed by atoms with Crippen LogP contribution < -0.4 is 0 Å². The summed E-state index contributed by atoms with van der Waals surface area (Å²) in [6.45, 7) is 0.0271. The Labute approximate surface area is 116 Å². The second-order valence-electron chi connectivity index (χ2n) is 4.04. The standard InChI is InChI=1S/C16H10N2O2/c17-9-12-4-3-7-13(8-12)16(19)20-11-15-6-2-1-5-14(15)10-18/h1-8H,11H2. The molecule has 0 heterocycles. The van der Waals surface area contributed by atoms with Crippen molar-refractivity contribution in [1.82, 2.24) is 0 Å². The average Bonchev–Trinajstić information content (AvgIpc) is 2.52. The van der Waals surface area contributed by atoms with Crippen molar-refractivity contribution in [3.05, 3.63) is 70.8 Å². The van der Waals surface area contributed by atoms with E-state index in [9.17, 15) is 4.79 Å². The number of benzene rings is 2. The van der Waals surface area contributed by atoms with Crippen molar-refractivity contribution in [1.29, 1.82) is 10.5 Å². The Balaban J connectivity index is 2.09. The maximum atomic E-state index is 11.9. The lowest BCUT2D eigenvalue weighted by molar-refractivity contribution is 0.0472. The Bertz CT molecular complexity index is 724. The van der Waals surface area contributed by atoms with Gasteiger partial charge < -0.3 is 4.74 Å². The maximum Gasteiger partial charge on any atom is 0.338 e. The highest BCUT2D eigenvalue weighted by molar-refractivity contribution is 5.89. The van der Waals surface area contributed by atoms with E-state index in [1.807, 2.05) is 12.1 Å². The number of nitriles is 2. The van der Waals surface area contributed by atoms with Crippen molar-refractivity contribution in [3.8, 4) is 12.1 Å². The third kappa shape index (κ3) is 3.01. The molecule has 4 nitrogen and oxygen atoms in total. The van der Waals surface area contributed by atoms with E-state index in [-0.39, 0.29) is 6.61 Å². The van der Waals surface area contributed by atoms with Crippen molar-refractivity contribution in [2.45, 2.75) is 6.61 Å². The van der Waals surface area contributed by atoms with Crippen LogP contribution in [0.1, 0.15) is 27.0 Å². The zero-order valence-electron chi connectivity index (χ0n) is 10.5. The summed E-state index contributed by atoms with van der Waals surface area (Å²) in [6.07, 6.45) is 0. The molecule has 4 heteroatoms. The number of nitrogens with zero attached hydrogens (tertiary/aromatic N) is 2. The van der Waals surface area contributed by atoms with Gasteiger partial charge in [0.1, 0.15) is 6.61 Å². The van der Waals surface area contributed by atoms with Gasteiger partial charge >= 0.3 is 5.97 Å². The van der Waals surface area contributed by atoms with Crippen LogP contribution in [0.3, 0.4) is 0 Å². The van der Waals surface area contributed by atoms with Crippen LogP contribution in [0.15, 0.2) is 48.5 Å². The van der Waals surface area contributed by atoms with Gasteiger partial charge in [0.15, 0.2) is 0 Å². The van der Waals surface area contributed by atoms with E-state index < -0.39 is 5.97 Å². The third-order valence-corrected chi connectivity index (χ3v) is 2.72. The monoisotopic (exact) mass is 262 g/mol. The molecule has 0 bridgehead atoms. The third-order valence-electron chi connectivity index (χ3n) is 2.72. The molecule has 0 atom stereocenters. The zero-order valence-corrected chi connectivity index (χ0v) is 10.5. The lowest BCUT2D eigenvalue weighted by atomic mass is 10.1. The highest BCUT2D eigenvalue weighted by Crippen LogP contribution is 2.11.